The molecule has 50 heavy (non-hydrogen) atoms. The second-order valence-electron chi connectivity index (χ2n) is 14.8. The molecular weight excluding hydrogens is 625 g/mol. The van der Waals surface area contributed by atoms with Crippen molar-refractivity contribution in [2.24, 2.45) is 0 Å². The number of fused-ring (bicyclic) bond motifs is 9. The Morgan fingerprint density at radius 1 is 0.480 bits per heavy atom. The summed E-state index contributed by atoms with van der Waals surface area (Å²) in [6.07, 6.45) is 0. The molecule has 10 rings (SSSR count). The van der Waals surface area contributed by atoms with Crippen LogP contribution in [0, 0.1) is 0 Å². The minimum atomic E-state index is -0.252. The molecule has 2 nitrogen and oxygen atoms in total. The molecule has 6 aromatic carbocycles. The van der Waals surface area contributed by atoms with Gasteiger partial charge in [-0.25, -0.2) is 0 Å². The standard InChI is InChI=1S/C47H36N2S/c1-46(2)39-26-29(33-19-13-20-36-35-18-11-12-21-42(35)50-44(33)36)22-24-37(39)43-41(46)28-38-34-25-23-32(27-40(34)47(3,4)45(38)48-43)49(30-14-7-5-8-15-30)31-16-9-6-10-17-31/h5-28H,1-4H3. The quantitative estimate of drug-likeness (QED) is 0.187. The van der Waals surface area contributed by atoms with Gasteiger partial charge in [0.25, 0.3) is 0 Å². The fourth-order valence-electron chi connectivity index (χ4n) is 8.58. The molecule has 2 aliphatic carbocycles. The third-order valence-corrected chi connectivity index (χ3v) is 12.4. The predicted molar refractivity (Wildman–Crippen MR) is 212 cm³/mol. The van der Waals surface area contributed by atoms with E-state index in [0.717, 1.165) is 28.5 Å². The number of para-hydroxylation sites is 2. The van der Waals surface area contributed by atoms with Crippen molar-refractivity contribution in [2.45, 2.75) is 38.5 Å². The highest BCUT2D eigenvalue weighted by atomic mass is 32.1. The lowest BCUT2D eigenvalue weighted by molar-refractivity contribution is 0.631. The predicted octanol–water partition coefficient (Wildman–Crippen LogP) is 13.2. The van der Waals surface area contributed by atoms with Gasteiger partial charge in [-0.2, -0.15) is 0 Å². The van der Waals surface area contributed by atoms with Crippen LogP contribution < -0.4 is 4.90 Å². The molecule has 2 aliphatic rings. The number of anilines is 3. The molecule has 0 fully saturated rings. The summed E-state index contributed by atoms with van der Waals surface area (Å²) in [5.74, 6) is 0. The summed E-state index contributed by atoms with van der Waals surface area (Å²) < 4.78 is 2.69. The highest BCUT2D eigenvalue weighted by molar-refractivity contribution is 7.26. The highest BCUT2D eigenvalue weighted by Gasteiger charge is 2.43. The number of hydrogen-bond acceptors (Lipinski definition) is 3. The lowest BCUT2D eigenvalue weighted by Crippen LogP contribution is -2.19. The van der Waals surface area contributed by atoms with E-state index in [1.165, 1.54) is 64.7 Å². The summed E-state index contributed by atoms with van der Waals surface area (Å²) in [6.45, 7) is 9.42. The molecule has 3 heteroatoms. The van der Waals surface area contributed by atoms with E-state index in [2.05, 4.69) is 178 Å². The van der Waals surface area contributed by atoms with Gasteiger partial charge in [0, 0.05) is 59.2 Å². The molecule has 0 N–H and O–H groups in total. The fraction of sp³-hybridized carbons (Fsp3) is 0.128. The number of hydrogen-bond donors (Lipinski definition) is 0. The third kappa shape index (κ3) is 4.10. The van der Waals surface area contributed by atoms with Crippen LogP contribution >= 0.6 is 11.3 Å². The number of aromatic nitrogens is 1. The summed E-state index contributed by atoms with van der Waals surface area (Å²) in [4.78, 5) is 7.95. The average molecular weight is 661 g/mol. The number of rotatable bonds is 4. The van der Waals surface area contributed by atoms with Gasteiger partial charge in [-0.1, -0.05) is 119 Å². The van der Waals surface area contributed by atoms with E-state index in [-0.39, 0.29) is 10.8 Å². The SMILES string of the molecule is CC1(C)c2cc(-c3cccc4c3sc3ccccc34)ccc2-c2nc3c(cc21)-c1ccc(N(c2ccccc2)c2ccccc2)cc1C3(C)C. The van der Waals surface area contributed by atoms with E-state index in [0.29, 0.717) is 0 Å². The maximum Gasteiger partial charge on any atom is 0.0750 e. The Kier molecular flexibility index (Phi) is 6.17. The first-order chi connectivity index (χ1) is 24.3. The van der Waals surface area contributed by atoms with Crippen molar-refractivity contribution in [1.29, 1.82) is 0 Å². The molecule has 0 saturated heterocycles. The summed E-state index contributed by atoms with van der Waals surface area (Å²) >= 11 is 1.90. The first-order valence-electron chi connectivity index (χ1n) is 17.5. The zero-order chi connectivity index (χ0) is 33.8. The molecule has 0 bridgehead atoms. The number of thiophene rings is 1. The summed E-state index contributed by atoms with van der Waals surface area (Å²) in [5, 5.41) is 2.67. The Morgan fingerprint density at radius 2 is 1.14 bits per heavy atom. The van der Waals surface area contributed by atoms with Crippen molar-refractivity contribution >= 4 is 48.6 Å². The zero-order valence-corrected chi connectivity index (χ0v) is 29.5. The topological polar surface area (TPSA) is 16.1 Å². The van der Waals surface area contributed by atoms with Crippen molar-refractivity contribution in [3.8, 4) is 33.5 Å². The maximum absolute atomic E-state index is 5.60. The van der Waals surface area contributed by atoms with Gasteiger partial charge in [-0.05, 0) is 88.0 Å². The molecule has 2 aromatic heterocycles. The molecule has 240 valence electrons. The van der Waals surface area contributed by atoms with E-state index in [4.69, 9.17) is 4.98 Å². The molecule has 0 spiro atoms. The minimum absolute atomic E-state index is 0.180. The number of benzene rings is 6. The molecule has 0 saturated carbocycles. The number of nitrogens with zero attached hydrogens (tertiary/aromatic N) is 2. The van der Waals surface area contributed by atoms with Crippen LogP contribution in [0.3, 0.4) is 0 Å². The third-order valence-electron chi connectivity index (χ3n) is 11.2. The fourth-order valence-corrected chi connectivity index (χ4v) is 9.82. The van der Waals surface area contributed by atoms with Crippen LogP contribution in [0.5, 0.6) is 0 Å². The van der Waals surface area contributed by atoms with E-state index >= 15 is 0 Å². The second-order valence-corrected chi connectivity index (χ2v) is 15.9. The van der Waals surface area contributed by atoms with Crippen LogP contribution in [0.15, 0.2) is 146 Å². The Morgan fingerprint density at radius 3 is 1.90 bits per heavy atom. The summed E-state index contributed by atoms with van der Waals surface area (Å²) in [7, 11) is 0. The summed E-state index contributed by atoms with van der Waals surface area (Å²) in [5.41, 5.74) is 15.7. The van der Waals surface area contributed by atoms with Crippen LogP contribution in [0.25, 0.3) is 53.7 Å². The second kappa shape index (κ2) is 10.5. The largest absolute Gasteiger partial charge is 0.310 e. The molecule has 0 radical (unpaired) electrons. The minimum Gasteiger partial charge on any atom is -0.310 e. The van der Waals surface area contributed by atoms with Gasteiger partial charge in [0.2, 0.25) is 0 Å². The van der Waals surface area contributed by atoms with E-state index in [1.54, 1.807) is 0 Å². The van der Waals surface area contributed by atoms with Crippen LogP contribution in [0.4, 0.5) is 17.1 Å². The normalized spacial score (nSPS) is 14.7. The molecule has 0 atom stereocenters. The molecular formula is C47H36N2S. The van der Waals surface area contributed by atoms with Crippen molar-refractivity contribution < 1.29 is 0 Å². The van der Waals surface area contributed by atoms with Gasteiger partial charge in [0.15, 0.2) is 0 Å². The molecule has 0 aliphatic heterocycles. The van der Waals surface area contributed by atoms with Crippen molar-refractivity contribution in [2.75, 3.05) is 4.90 Å². The zero-order valence-electron chi connectivity index (χ0n) is 28.7. The lowest BCUT2D eigenvalue weighted by Gasteiger charge is -2.27. The highest BCUT2D eigenvalue weighted by Crippen LogP contribution is 2.56. The first kappa shape index (κ1) is 29.4. The van der Waals surface area contributed by atoms with Crippen LogP contribution in [0.1, 0.15) is 50.1 Å². The Bertz CT molecular complexity index is 2610. The van der Waals surface area contributed by atoms with E-state index in [1.807, 2.05) is 11.3 Å². The van der Waals surface area contributed by atoms with Gasteiger partial charge in [-0.15, -0.1) is 11.3 Å². The Hall–Kier alpha value is -5.51. The molecule has 8 aromatic rings. The average Bonchev–Trinajstić information content (AvgIpc) is 3.71. The summed E-state index contributed by atoms with van der Waals surface area (Å²) in [6, 6.07) is 53.4. The van der Waals surface area contributed by atoms with Gasteiger partial charge >= 0.3 is 0 Å². The van der Waals surface area contributed by atoms with Crippen molar-refractivity contribution in [3.05, 3.63) is 168 Å². The van der Waals surface area contributed by atoms with Gasteiger partial charge in [0.1, 0.15) is 0 Å². The maximum atomic E-state index is 5.60. The van der Waals surface area contributed by atoms with E-state index in [9.17, 15) is 0 Å². The van der Waals surface area contributed by atoms with Gasteiger partial charge < -0.3 is 4.90 Å². The van der Waals surface area contributed by atoms with Crippen LogP contribution in [-0.2, 0) is 10.8 Å². The lowest BCUT2D eigenvalue weighted by atomic mass is 9.81. The Balaban J connectivity index is 1.08. The molecule has 0 unspecified atom stereocenters. The van der Waals surface area contributed by atoms with Crippen LogP contribution in [0.2, 0.25) is 0 Å². The van der Waals surface area contributed by atoms with E-state index < -0.39 is 0 Å². The number of pyridine rings is 1. The smallest absolute Gasteiger partial charge is 0.0750 e. The van der Waals surface area contributed by atoms with Gasteiger partial charge in [-0.3, -0.25) is 4.98 Å². The first-order valence-corrected chi connectivity index (χ1v) is 18.3. The van der Waals surface area contributed by atoms with Crippen molar-refractivity contribution in [3.63, 3.8) is 0 Å². The molecule has 0 amide bonds. The van der Waals surface area contributed by atoms with Crippen molar-refractivity contribution in [1.82, 2.24) is 4.98 Å². The monoisotopic (exact) mass is 660 g/mol. The Labute approximate surface area is 297 Å². The molecule has 2 heterocycles. The van der Waals surface area contributed by atoms with Gasteiger partial charge in [0.05, 0.1) is 11.4 Å². The van der Waals surface area contributed by atoms with Crippen LogP contribution in [-0.4, -0.2) is 4.98 Å².